The van der Waals surface area contributed by atoms with Gasteiger partial charge >= 0.3 is 0 Å². The summed E-state index contributed by atoms with van der Waals surface area (Å²) in [5.74, 6) is 3.72. The normalized spacial score (nSPS) is 42.1. The molecule has 0 saturated heterocycles. The van der Waals surface area contributed by atoms with E-state index in [1.54, 1.807) is 25.7 Å². The van der Waals surface area contributed by atoms with Gasteiger partial charge in [0.25, 0.3) is 0 Å². The molecule has 2 fully saturated rings. The minimum atomic E-state index is -0.229. The van der Waals surface area contributed by atoms with Crippen LogP contribution < -0.4 is 0 Å². The van der Waals surface area contributed by atoms with Crippen molar-refractivity contribution in [1.29, 1.82) is 0 Å². The zero-order valence-corrected chi connectivity index (χ0v) is 9.49. The summed E-state index contributed by atoms with van der Waals surface area (Å²) in [6.45, 7) is 2.39. The molecule has 0 radical (unpaired) electrons. The van der Waals surface area contributed by atoms with Crippen LogP contribution in [-0.4, -0.2) is 23.5 Å². The summed E-state index contributed by atoms with van der Waals surface area (Å²) >= 11 is 0. The van der Waals surface area contributed by atoms with Crippen LogP contribution in [0.15, 0.2) is 0 Å². The second-order valence-electron chi connectivity index (χ2n) is 5.13. The SMILES string of the molecule is CCS(C)(C)C1CC2CCC1C2. The minimum absolute atomic E-state index is 0.229. The van der Waals surface area contributed by atoms with Gasteiger partial charge in [-0.15, -0.1) is 0 Å². The molecule has 3 unspecified atom stereocenters. The van der Waals surface area contributed by atoms with Crippen LogP contribution in [0.25, 0.3) is 0 Å². The summed E-state index contributed by atoms with van der Waals surface area (Å²) in [7, 11) is -0.229. The molecule has 0 amide bonds. The zero-order valence-electron chi connectivity index (χ0n) is 8.68. The van der Waals surface area contributed by atoms with Gasteiger partial charge in [-0.25, -0.2) is 10.0 Å². The van der Waals surface area contributed by atoms with Crippen molar-refractivity contribution in [3.05, 3.63) is 0 Å². The van der Waals surface area contributed by atoms with Crippen molar-refractivity contribution in [3.63, 3.8) is 0 Å². The molecular weight excluding hydrogens is 164 g/mol. The fourth-order valence-corrected chi connectivity index (χ4v) is 5.69. The first-order chi connectivity index (χ1) is 5.63. The van der Waals surface area contributed by atoms with E-state index in [0.717, 1.165) is 17.1 Å². The summed E-state index contributed by atoms with van der Waals surface area (Å²) < 4.78 is 0. The fourth-order valence-electron chi connectivity index (χ4n) is 3.18. The molecule has 2 aliphatic carbocycles. The maximum absolute atomic E-state index is 2.55. The summed E-state index contributed by atoms with van der Waals surface area (Å²) in [6, 6.07) is 0. The number of hydrogen-bond acceptors (Lipinski definition) is 0. The van der Waals surface area contributed by atoms with Crippen molar-refractivity contribution in [2.75, 3.05) is 18.3 Å². The third-order valence-corrected chi connectivity index (χ3v) is 7.94. The standard InChI is InChI=1S/C11H22S/c1-4-12(2,3)11-8-9-5-6-10(11)7-9/h9-11H,4-8H2,1-3H3. The Morgan fingerprint density at radius 2 is 1.92 bits per heavy atom. The second-order valence-corrected chi connectivity index (χ2v) is 9.56. The van der Waals surface area contributed by atoms with Gasteiger partial charge in [0.15, 0.2) is 0 Å². The Labute approximate surface area is 78.4 Å². The predicted octanol–water partition coefficient (Wildman–Crippen LogP) is 3.26. The Morgan fingerprint density at radius 1 is 1.17 bits per heavy atom. The lowest BCUT2D eigenvalue weighted by molar-refractivity contribution is 0.488. The van der Waals surface area contributed by atoms with Crippen LogP contribution in [-0.2, 0) is 0 Å². The number of hydrogen-bond donors (Lipinski definition) is 0. The molecule has 3 atom stereocenters. The Hall–Kier alpha value is 0.350. The third-order valence-electron chi connectivity index (χ3n) is 4.24. The Balaban J connectivity index is 2.06. The molecule has 0 N–H and O–H groups in total. The summed E-state index contributed by atoms with van der Waals surface area (Å²) in [6.07, 6.45) is 11.4. The molecule has 0 nitrogen and oxygen atoms in total. The average molecular weight is 186 g/mol. The van der Waals surface area contributed by atoms with Crippen molar-refractivity contribution in [2.24, 2.45) is 11.8 Å². The van der Waals surface area contributed by atoms with Gasteiger partial charge in [-0.2, -0.15) is 0 Å². The molecule has 12 heavy (non-hydrogen) atoms. The largest absolute Gasteiger partial charge is 0.244 e. The lowest BCUT2D eigenvalue weighted by atomic mass is 10.0. The Morgan fingerprint density at radius 3 is 2.33 bits per heavy atom. The van der Waals surface area contributed by atoms with Crippen LogP contribution in [0, 0.1) is 11.8 Å². The summed E-state index contributed by atoms with van der Waals surface area (Å²) in [4.78, 5) is 0. The molecule has 0 heterocycles. The van der Waals surface area contributed by atoms with Crippen LogP contribution in [0.1, 0.15) is 32.6 Å². The third kappa shape index (κ3) is 1.30. The Bertz CT molecular complexity index is 174. The molecule has 0 aromatic rings. The summed E-state index contributed by atoms with van der Waals surface area (Å²) in [5, 5.41) is 1.14. The van der Waals surface area contributed by atoms with Gasteiger partial charge in [0.1, 0.15) is 0 Å². The van der Waals surface area contributed by atoms with E-state index in [1.165, 1.54) is 5.75 Å². The first kappa shape index (κ1) is 8.93. The predicted molar refractivity (Wildman–Crippen MR) is 59.2 cm³/mol. The highest BCUT2D eigenvalue weighted by atomic mass is 32.3. The van der Waals surface area contributed by atoms with Crippen LogP contribution in [0.3, 0.4) is 0 Å². The fraction of sp³-hybridized carbons (Fsp3) is 1.00. The van der Waals surface area contributed by atoms with Gasteiger partial charge in [0.2, 0.25) is 0 Å². The lowest BCUT2D eigenvalue weighted by Crippen LogP contribution is -2.24. The second kappa shape index (κ2) is 2.94. The van der Waals surface area contributed by atoms with Crippen LogP contribution in [0.2, 0.25) is 0 Å². The maximum Gasteiger partial charge on any atom is -0.00857 e. The molecule has 2 saturated carbocycles. The highest BCUT2D eigenvalue weighted by molar-refractivity contribution is 8.33. The summed E-state index contributed by atoms with van der Waals surface area (Å²) in [5.41, 5.74) is 0. The molecular formula is C11H22S. The van der Waals surface area contributed by atoms with Crippen molar-refractivity contribution in [2.45, 2.75) is 37.9 Å². The molecule has 0 aromatic heterocycles. The molecule has 0 aliphatic heterocycles. The maximum atomic E-state index is 2.55. The molecule has 0 spiro atoms. The van der Waals surface area contributed by atoms with E-state index >= 15 is 0 Å². The van der Waals surface area contributed by atoms with E-state index in [4.69, 9.17) is 0 Å². The topological polar surface area (TPSA) is 0 Å². The highest BCUT2D eigenvalue weighted by Gasteiger charge is 2.43. The molecule has 0 aromatic carbocycles. The van der Waals surface area contributed by atoms with E-state index < -0.39 is 0 Å². The highest BCUT2D eigenvalue weighted by Crippen LogP contribution is 2.60. The van der Waals surface area contributed by atoms with E-state index in [2.05, 4.69) is 19.4 Å². The smallest absolute Gasteiger partial charge is 0.00857 e. The number of fused-ring (bicyclic) bond motifs is 2. The first-order valence-corrected chi connectivity index (χ1v) is 8.01. The average Bonchev–Trinajstić information content (AvgIpc) is 2.64. The zero-order chi connectivity index (χ0) is 8.77. The minimum Gasteiger partial charge on any atom is -0.244 e. The van der Waals surface area contributed by atoms with Gasteiger partial charge in [-0.3, -0.25) is 0 Å². The van der Waals surface area contributed by atoms with Gasteiger partial charge in [0, 0.05) is 0 Å². The van der Waals surface area contributed by atoms with Crippen molar-refractivity contribution in [1.82, 2.24) is 0 Å². The van der Waals surface area contributed by atoms with E-state index in [9.17, 15) is 0 Å². The molecule has 2 rings (SSSR count). The first-order valence-electron chi connectivity index (χ1n) is 5.33. The van der Waals surface area contributed by atoms with Crippen molar-refractivity contribution >= 4 is 10.0 Å². The quantitative estimate of drug-likeness (QED) is 0.621. The molecule has 2 bridgehead atoms. The molecule has 1 heteroatoms. The van der Waals surface area contributed by atoms with Gasteiger partial charge in [0.05, 0.1) is 0 Å². The van der Waals surface area contributed by atoms with Crippen molar-refractivity contribution < 1.29 is 0 Å². The monoisotopic (exact) mass is 186 g/mol. The van der Waals surface area contributed by atoms with Gasteiger partial charge in [-0.1, -0.05) is 13.3 Å². The van der Waals surface area contributed by atoms with Gasteiger partial charge in [-0.05, 0) is 54.6 Å². The van der Waals surface area contributed by atoms with Gasteiger partial charge < -0.3 is 0 Å². The van der Waals surface area contributed by atoms with E-state index in [1.807, 2.05) is 0 Å². The van der Waals surface area contributed by atoms with Crippen LogP contribution in [0.4, 0.5) is 0 Å². The van der Waals surface area contributed by atoms with Crippen LogP contribution in [0.5, 0.6) is 0 Å². The van der Waals surface area contributed by atoms with E-state index in [-0.39, 0.29) is 10.0 Å². The van der Waals surface area contributed by atoms with Crippen molar-refractivity contribution in [3.8, 4) is 0 Å². The lowest BCUT2D eigenvalue weighted by Gasteiger charge is -2.41. The molecule has 72 valence electrons. The van der Waals surface area contributed by atoms with E-state index in [0.29, 0.717) is 0 Å². The number of rotatable bonds is 2. The Kier molecular flexibility index (Phi) is 2.18. The van der Waals surface area contributed by atoms with Crippen LogP contribution >= 0.6 is 10.0 Å². The molecule has 2 aliphatic rings.